The summed E-state index contributed by atoms with van der Waals surface area (Å²) < 4.78 is 12.4. The van der Waals surface area contributed by atoms with Gasteiger partial charge in [-0.1, -0.05) is 37.7 Å². The lowest BCUT2D eigenvalue weighted by Crippen LogP contribution is -2.34. The van der Waals surface area contributed by atoms with Gasteiger partial charge in [0.2, 0.25) is 0 Å². The van der Waals surface area contributed by atoms with Gasteiger partial charge in [0.1, 0.15) is 10.6 Å². The third-order valence-corrected chi connectivity index (χ3v) is 5.22. The predicted molar refractivity (Wildman–Crippen MR) is 81.2 cm³/mol. The summed E-state index contributed by atoms with van der Waals surface area (Å²) in [6, 6.07) is 6.30. The fourth-order valence-electron chi connectivity index (χ4n) is 1.92. The van der Waals surface area contributed by atoms with Crippen LogP contribution in [0.2, 0.25) is 0 Å². The Kier molecular flexibility index (Phi) is 4.18. The summed E-state index contributed by atoms with van der Waals surface area (Å²) in [4.78, 5) is 16.1. The topological polar surface area (TPSA) is 41.5 Å². The molecule has 0 fully saturated rings. The molecule has 0 saturated heterocycles. The van der Waals surface area contributed by atoms with E-state index in [2.05, 4.69) is 10.3 Å². The van der Waals surface area contributed by atoms with Crippen molar-refractivity contribution in [1.82, 2.24) is 5.32 Å². The summed E-state index contributed by atoms with van der Waals surface area (Å²) >= 11 is 1.47. The van der Waals surface area contributed by atoms with Crippen LogP contribution in [0, 0.1) is 11.7 Å². The molecule has 2 atom stereocenters. The highest BCUT2D eigenvalue weighted by Crippen LogP contribution is 2.39. The van der Waals surface area contributed by atoms with Gasteiger partial charge >= 0.3 is 0 Å². The molecule has 1 heterocycles. The second-order valence-electron chi connectivity index (χ2n) is 5.50. The Bertz CT molecular complexity index is 541. The van der Waals surface area contributed by atoms with Crippen molar-refractivity contribution in [3.05, 3.63) is 35.6 Å². The first-order chi connectivity index (χ1) is 9.33. The second kappa shape index (κ2) is 5.56. The van der Waals surface area contributed by atoms with Crippen LogP contribution >= 0.6 is 11.8 Å². The monoisotopic (exact) mass is 294 g/mol. The summed E-state index contributed by atoms with van der Waals surface area (Å²) in [5.41, 5.74) is 0.959. The largest absolute Gasteiger partial charge is 0.358 e. The molecule has 0 radical (unpaired) electrons. The fraction of sp³-hybridized carbons (Fsp3) is 0.467. The predicted octanol–water partition coefficient (Wildman–Crippen LogP) is 3.52. The van der Waals surface area contributed by atoms with E-state index in [1.165, 1.54) is 23.9 Å². The highest BCUT2D eigenvalue weighted by atomic mass is 32.2. The number of amidine groups is 1. The number of amides is 1. The van der Waals surface area contributed by atoms with Crippen LogP contribution in [0.4, 0.5) is 4.39 Å². The van der Waals surface area contributed by atoms with E-state index in [0.29, 0.717) is 5.17 Å². The van der Waals surface area contributed by atoms with Crippen LogP contribution in [0.1, 0.15) is 39.3 Å². The Morgan fingerprint density at radius 1 is 1.25 bits per heavy atom. The summed E-state index contributed by atoms with van der Waals surface area (Å²) in [5, 5.41) is 3.87. The number of benzene rings is 1. The van der Waals surface area contributed by atoms with Crippen molar-refractivity contribution in [2.24, 2.45) is 10.9 Å². The van der Waals surface area contributed by atoms with Crippen LogP contribution in [0.15, 0.2) is 29.3 Å². The lowest BCUT2D eigenvalue weighted by molar-refractivity contribution is -0.120. The van der Waals surface area contributed by atoms with E-state index in [1.54, 1.807) is 12.1 Å². The summed E-state index contributed by atoms with van der Waals surface area (Å²) in [5.74, 6) is -0.133. The zero-order valence-electron chi connectivity index (χ0n) is 12.1. The maximum atomic E-state index is 12.9. The molecule has 3 nitrogen and oxygen atoms in total. The minimum atomic E-state index is -0.495. The zero-order chi connectivity index (χ0) is 14.9. The molecule has 0 spiro atoms. The van der Waals surface area contributed by atoms with Crippen molar-refractivity contribution in [2.75, 3.05) is 0 Å². The molecular formula is C15H19FN2OS. The number of rotatable bonds is 3. The Morgan fingerprint density at radius 2 is 1.85 bits per heavy atom. The quantitative estimate of drug-likeness (QED) is 0.927. The van der Waals surface area contributed by atoms with Crippen molar-refractivity contribution in [3.8, 4) is 0 Å². The number of halogens is 1. The van der Waals surface area contributed by atoms with Gasteiger partial charge in [-0.2, -0.15) is 4.99 Å². The molecule has 2 rings (SSSR count). The van der Waals surface area contributed by atoms with Crippen molar-refractivity contribution >= 4 is 22.8 Å². The maximum absolute atomic E-state index is 12.9. The summed E-state index contributed by atoms with van der Waals surface area (Å²) in [6.07, 6.45) is 0. The molecule has 1 aliphatic rings. The van der Waals surface area contributed by atoms with E-state index in [0.717, 1.165) is 5.56 Å². The Balaban J connectivity index is 2.06. The minimum Gasteiger partial charge on any atom is -0.358 e. The molecular weight excluding hydrogens is 275 g/mol. The first-order valence-corrected chi connectivity index (χ1v) is 7.48. The van der Waals surface area contributed by atoms with E-state index in [-0.39, 0.29) is 23.7 Å². The number of hydrogen-bond donors (Lipinski definition) is 1. The SMILES string of the molecule is CC(C)[C@]1(C)SC(N[C@@H](C)c2ccc(F)cc2)=NC1=O. The van der Waals surface area contributed by atoms with Crippen molar-refractivity contribution < 1.29 is 9.18 Å². The van der Waals surface area contributed by atoms with Gasteiger partial charge in [0, 0.05) is 0 Å². The number of carbonyl (C=O) groups excluding carboxylic acids is 1. The van der Waals surface area contributed by atoms with Crippen LogP contribution in [0.25, 0.3) is 0 Å². The van der Waals surface area contributed by atoms with E-state index in [4.69, 9.17) is 0 Å². The van der Waals surface area contributed by atoms with Crippen LogP contribution in [-0.4, -0.2) is 15.8 Å². The van der Waals surface area contributed by atoms with Gasteiger partial charge in [0.15, 0.2) is 5.17 Å². The average molecular weight is 294 g/mol. The van der Waals surface area contributed by atoms with Crippen molar-refractivity contribution in [3.63, 3.8) is 0 Å². The fourth-order valence-corrected chi connectivity index (χ4v) is 3.05. The third kappa shape index (κ3) is 2.87. The van der Waals surface area contributed by atoms with Gasteiger partial charge in [-0.25, -0.2) is 4.39 Å². The molecule has 5 heteroatoms. The molecule has 1 N–H and O–H groups in total. The van der Waals surface area contributed by atoms with E-state index < -0.39 is 4.75 Å². The second-order valence-corrected chi connectivity index (χ2v) is 6.94. The molecule has 1 amide bonds. The number of hydrogen-bond acceptors (Lipinski definition) is 3. The molecule has 0 saturated carbocycles. The molecule has 0 aromatic heterocycles. The molecule has 1 aromatic carbocycles. The van der Waals surface area contributed by atoms with E-state index in [1.807, 2.05) is 27.7 Å². The molecule has 0 aliphatic carbocycles. The van der Waals surface area contributed by atoms with E-state index >= 15 is 0 Å². The van der Waals surface area contributed by atoms with Crippen LogP contribution < -0.4 is 5.32 Å². The maximum Gasteiger partial charge on any atom is 0.264 e. The number of thioether (sulfide) groups is 1. The highest BCUT2D eigenvalue weighted by molar-refractivity contribution is 8.16. The lowest BCUT2D eigenvalue weighted by atomic mass is 9.96. The Hall–Kier alpha value is -1.36. The molecule has 1 aliphatic heterocycles. The number of nitrogens with one attached hydrogen (secondary N) is 1. The molecule has 0 bridgehead atoms. The van der Waals surface area contributed by atoms with E-state index in [9.17, 15) is 9.18 Å². The van der Waals surface area contributed by atoms with Crippen molar-refractivity contribution in [1.29, 1.82) is 0 Å². The van der Waals surface area contributed by atoms with Gasteiger partial charge in [-0.3, -0.25) is 4.79 Å². The Labute approximate surface area is 123 Å². The normalized spacial score (nSPS) is 23.9. The van der Waals surface area contributed by atoms with Gasteiger partial charge in [-0.05, 0) is 37.5 Å². The van der Waals surface area contributed by atoms with Gasteiger partial charge in [0.25, 0.3) is 5.91 Å². The van der Waals surface area contributed by atoms with Gasteiger partial charge < -0.3 is 5.32 Å². The van der Waals surface area contributed by atoms with Gasteiger partial charge in [0.05, 0.1) is 6.04 Å². The molecule has 1 aromatic rings. The third-order valence-electron chi connectivity index (χ3n) is 3.75. The smallest absolute Gasteiger partial charge is 0.264 e. The highest BCUT2D eigenvalue weighted by Gasteiger charge is 2.43. The molecule has 0 unspecified atom stereocenters. The Morgan fingerprint density at radius 3 is 2.35 bits per heavy atom. The molecule has 20 heavy (non-hydrogen) atoms. The average Bonchev–Trinajstić information content (AvgIpc) is 2.66. The zero-order valence-corrected chi connectivity index (χ0v) is 12.9. The first-order valence-electron chi connectivity index (χ1n) is 6.67. The minimum absolute atomic E-state index is 0.0239. The van der Waals surface area contributed by atoms with Crippen LogP contribution in [0.3, 0.4) is 0 Å². The van der Waals surface area contributed by atoms with Crippen LogP contribution in [0.5, 0.6) is 0 Å². The van der Waals surface area contributed by atoms with Crippen molar-refractivity contribution in [2.45, 2.75) is 38.5 Å². The number of nitrogens with zero attached hydrogens (tertiary/aromatic N) is 1. The lowest BCUT2D eigenvalue weighted by Gasteiger charge is -2.24. The molecule has 108 valence electrons. The first kappa shape index (κ1) is 15.0. The number of aliphatic imine (C=N–C) groups is 1. The van der Waals surface area contributed by atoms with Crippen LogP contribution in [-0.2, 0) is 4.79 Å². The number of carbonyl (C=O) groups is 1. The summed E-state index contributed by atoms with van der Waals surface area (Å²) in [6.45, 7) is 7.93. The van der Waals surface area contributed by atoms with Gasteiger partial charge in [-0.15, -0.1) is 0 Å². The summed E-state index contributed by atoms with van der Waals surface area (Å²) in [7, 11) is 0. The standard InChI is InChI=1S/C15H19FN2OS/c1-9(2)15(4)13(19)18-14(20-15)17-10(3)11-5-7-12(16)8-6-11/h5-10H,1-4H3,(H,17,18,19)/t10-,15-/m0/s1.